The maximum Gasteiger partial charge on any atom is 0.263 e. The molecule has 1 amide bonds. The summed E-state index contributed by atoms with van der Waals surface area (Å²) >= 11 is 6.09. The summed E-state index contributed by atoms with van der Waals surface area (Å²) in [5, 5.41) is 0.0446. The first-order valence-corrected chi connectivity index (χ1v) is 10.4. The third-order valence-electron chi connectivity index (χ3n) is 3.79. The molecule has 0 aliphatic rings. The highest BCUT2D eigenvalue weighted by molar-refractivity contribution is 7.92. The van der Waals surface area contributed by atoms with Gasteiger partial charge in [0.15, 0.2) is 0 Å². The van der Waals surface area contributed by atoms with Crippen LogP contribution in [0.15, 0.2) is 47.4 Å². The van der Waals surface area contributed by atoms with Gasteiger partial charge in [-0.2, -0.15) is 0 Å². The molecule has 0 atom stereocenters. The van der Waals surface area contributed by atoms with E-state index in [-0.39, 0.29) is 21.4 Å². The summed E-state index contributed by atoms with van der Waals surface area (Å²) in [5.41, 5.74) is 0.636. The molecule has 2 aromatic carbocycles. The smallest absolute Gasteiger partial charge is 0.263 e. The predicted molar refractivity (Wildman–Crippen MR) is 107 cm³/mol. The number of nitrogens with one attached hydrogen (secondary N) is 1. The zero-order chi connectivity index (χ0) is 20.0. The molecule has 27 heavy (non-hydrogen) atoms. The van der Waals surface area contributed by atoms with Crippen LogP contribution in [0.3, 0.4) is 0 Å². The second-order valence-electron chi connectivity index (χ2n) is 5.93. The van der Waals surface area contributed by atoms with Crippen molar-refractivity contribution >= 4 is 33.2 Å². The minimum atomic E-state index is -3.96. The number of hydrogen-bond donors (Lipinski definition) is 1. The molecule has 0 aromatic heterocycles. The minimum Gasteiger partial charge on any atom is -0.494 e. The fourth-order valence-corrected chi connectivity index (χ4v) is 4.08. The molecule has 6 nitrogen and oxygen atoms in total. The van der Waals surface area contributed by atoms with E-state index in [2.05, 4.69) is 4.72 Å². The van der Waals surface area contributed by atoms with Crippen LogP contribution in [0, 0.1) is 0 Å². The molecule has 0 saturated heterocycles. The Morgan fingerprint density at radius 2 is 1.81 bits per heavy atom. The van der Waals surface area contributed by atoms with Crippen molar-refractivity contribution in [3.8, 4) is 5.75 Å². The first-order valence-electron chi connectivity index (χ1n) is 8.59. The molecule has 0 aliphatic carbocycles. The summed E-state index contributed by atoms with van der Waals surface area (Å²) in [6, 6.07) is 10.8. The van der Waals surface area contributed by atoms with E-state index in [1.54, 1.807) is 36.2 Å². The van der Waals surface area contributed by atoms with Gasteiger partial charge in [0.25, 0.3) is 15.9 Å². The van der Waals surface area contributed by atoms with Gasteiger partial charge in [-0.1, -0.05) is 18.5 Å². The van der Waals surface area contributed by atoms with E-state index in [1.807, 2.05) is 13.8 Å². The second-order valence-corrected chi connectivity index (χ2v) is 7.99. The molecule has 8 heteroatoms. The quantitative estimate of drug-likeness (QED) is 0.713. The van der Waals surface area contributed by atoms with Gasteiger partial charge in [-0.15, -0.1) is 0 Å². The lowest BCUT2D eigenvalue weighted by atomic mass is 10.2. The Labute approximate surface area is 165 Å². The number of hydrogen-bond acceptors (Lipinski definition) is 4. The van der Waals surface area contributed by atoms with Gasteiger partial charge in [0.2, 0.25) is 0 Å². The van der Waals surface area contributed by atoms with Gasteiger partial charge in [0, 0.05) is 24.8 Å². The van der Waals surface area contributed by atoms with Gasteiger partial charge in [-0.3, -0.25) is 9.52 Å². The van der Waals surface area contributed by atoms with Crippen LogP contribution in [0.2, 0.25) is 5.02 Å². The minimum absolute atomic E-state index is 0.0446. The van der Waals surface area contributed by atoms with Gasteiger partial charge in [-0.25, -0.2) is 8.42 Å². The number of anilines is 1. The molecule has 0 spiro atoms. The van der Waals surface area contributed by atoms with Crippen molar-refractivity contribution in [3.05, 3.63) is 53.1 Å². The highest BCUT2D eigenvalue weighted by Crippen LogP contribution is 2.26. The van der Waals surface area contributed by atoms with Crippen LogP contribution in [-0.4, -0.2) is 39.4 Å². The highest BCUT2D eigenvalue weighted by Gasteiger charge is 2.21. The fraction of sp³-hybridized carbons (Fsp3) is 0.316. The number of ether oxygens (including phenoxy) is 1. The molecule has 2 aromatic rings. The molecule has 0 unspecified atom stereocenters. The van der Waals surface area contributed by atoms with E-state index >= 15 is 0 Å². The molecule has 0 fully saturated rings. The summed E-state index contributed by atoms with van der Waals surface area (Å²) in [6.07, 6.45) is 0.806. The Morgan fingerprint density at radius 1 is 1.15 bits per heavy atom. The van der Waals surface area contributed by atoms with E-state index in [1.165, 1.54) is 18.2 Å². The van der Waals surface area contributed by atoms with Crippen molar-refractivity contribution in [3.63, 3.8) is 0 Å². The average Bonchev–Trinajstić information content (AvgIpc) is 2.63. The summed E-state index contributed by atoms with van der Waals surface area (Å²) < 4.78 is 33.3. The number of carbonyl (C=O) groups is 1. The van der Waals surface area contributed by atoms with E-state index in [9.17, 15) is 13.2 Å². The lowest BCUT2D eigenvalue weighted by Gasteiger charge is -2.17. The first-order chi connectivity index (χ1) is 12.8. The third kappa shape index (κ3) is 5.37. The number of nitrogens with zero attached hydrogens (tertiary/aromatic N) is 1. The predicted octanol–water partition coefficient (Wildman–Crippen LogP) is 4.02. The molecule has 0 saturated carbocycles. The van der Waals surface area contributed by atoms with Gasteiger partial charge in [0.05, 0.1) is 11.6 Å². The van der Waals surface area contributed by atoms with Crippen molar-refractivity contribution in [2.75, 3.05) is 24.9 Å². The maximum atomic E-state index is 12.8. The number of carbonyl (C=O) groups excluding carboxylic acids is 1. The number of amides is 1. The molecule has 146 valence electrons. The second kappa shape index (κ2) is 9.10. The van der Waals surface area contributed by atoms with Crippen LogP contribution in [-0.2, 0) is 10.0 Å². The Kier molecular flexibility index (Phi) is 7.10. The van der Waals surface area contributed by atoms with E-state index < -0.39 is 10.0 Å². The van der Waals surface area contributed by atoms with Crippen molar-refractivity contribution in [1.82, 2.24) is 4.90 Å². The van der Waals surface area contributed by atoms with Gasteiger partial charge >= 0.3 is 0 Å². The number of halogens is 1. The number of rotatable bonds is 8. The average molecular weight is 411 g/mol. The SMILES string of the molecule is CCCN(C)C(=O)c1ccc(Cl)c(S(=O)(=O)Nc2ccc(OCC)cc2)c1. The lowest BCUT2D eigenvalue weighted by Crippen LogP contribution is -2.27. The molecule has 1 N–H and O–H groups in total. The number of benzene rings is 2. The third-order valence-corrected chi connectivity index (χ3v) is 5.65. The van der Waals surface area contributed by atoms with Crippen LogP contribution in [0.4, 0.5) is 5.69 Å². The van der Waals surface area contributed by atoms with Gasteiger partial charge < -0.3 is 9.64 Å². The number of sulfonamides is 1. The topological polar surface area (TPSA) is 75.7 Å². The van der Waals surface area contributed by atoms with Gasteiger partial charge in [-0.05, 0) is 55.8 Å². The summed E-state index contributed by atoms with van der Waals surface area (Å²) in [4.78, 5) is 13.8. The summed E-state index contributed by atoms with van der Waals surface area (Å²) in [5.74, 6) is 0.385. The van der Waals surface area contributed by atoms with Crippen molar-refractivity contribution < 1.29 is 17.9 Å². The van der Waals surface area contributed by atoms with Crippen molar-refractivity contribution in [2.24, 2.45) is 0 Å². The van der Waals surface area contributed by atoms with E-state index in [0.717, 1.165) is 6.42 Å². The van der Waals surface area contributed by atoms with Crippen LogP contribution < -0.4 is 9.46 Å². The summed E-state index contributed by atoms with van der Waals surface area (Å²) in [6.45, 7) is 4.93. The molecule has 2 rings (SSSR count). The largest absolute Gasteiger partial charge is 0.494 e. The summed E-state index contributed by atoms with van der Waals surface area (Å²) in [7, 11) is -2.28. The zero-order valence-corrected chi connectivity index (χ0v) is 17.1. The monoisotopic (exact) mass is 410 g/mol. The highest BCUT2D eigenvalue weighted by atomic mass is 35.5. The zero-order valence-electron chi connectivity index (χ0n) is 15.5. The molecule has 0 radical (unpaired) electrons. The Balaban J connectivity index is 2.29. The van der Waals surface area contributed by atoms with E-state index in [4.69, 9.17) is 16.3 Å². The van der Waals surface area contributed by atoms with Crippen molar-refractivity contribution in [2.45, 2.75) is 25.2 Å². The van der Waals surface area contributed by atoms with Gasteiger partial charge in [0.1, 0.15) is 10.6 Å². The fourth-order valence-electron chi connectivity index (χ4n) is 2.50. The normalized spacial score (nSPS) is 11.1. The molecule has 0 bridgehead atoms. The Morgan fingerprint density at radius 3 is 2.41 bits per heavy atom. The Hall–Kier alpha value is -2.25. The lowest BCUT2D eigenvalue weighted by molar-refractivity contribution is 0.0795. The standard InChI is InChI=1S/C19H23ClN2O4S/c1-4-12-22(3)19(23)14-6-11-17(20)18(13-14)27(24,25)21-15-7-9-16(10-8-15)26-5-2/h6-11,13,21H,4-5,12H2,1-3H3. The van der Waals surface area contributed by atoms with Crippen LogP contribution in [0.5, 0.6) is 5.75 Å². The van der Waals surface area contributed by atoms with Crippen LogP contribution >= 0.6 is 11.6 Å². The maximum absolute atomic E-state index is 12.8. The molecule has 0 aliphatic heterocycles. The molecule has 0 heterocycles. The Bertz CT molecular complexity index is 898. The molecular formula is C19H23ClN2O4S. The first kappa shape index (κ1) is 21.1. The molecular weight excluding hydrogens is 388 g/mol. The van der Waals surface area contributed by atoms with Crippen LogP contribution in [0.1, 0.15) is 30.6 Å². The van der Waals surface area contributed by atoms with E-state index in [0.29, 0.717) is 24.6 Å². The van der Waals surface area contributed by atoms with Crippen LogP contribution in [0.25, 0.3) is 0 Å². The van der Waals surface area contributed by atoms with Crippen molar-refractivity contribution in [1.29, 1.82) is 0 Å².